The number of aryl methyl sites for hydroxylation is 2. The van der Waals surface area contributed by atoms with Crippen LogP contribution in [0.15, 0.2) is 84.9 Å². The largest absolute Gasteiger partial charge is 0.494 e. The third-order valence-electron chi connectivity index (χ3n) is 5.21. The maximum Gasteiger partial charge on any atom is 0.123 e. The molecule has 0 aliphatic heterocycles. The lowest BCUT2D eigenvalue weighted by Gasteiger charge is -2.06. The Morgan fingerprint density at radius 1 is 0.677 bits per heavy atom. The number of fused-ring (bicyclic) bond motifs is 1. The summed E-state index contributed by atoms with van der Waals surface area (Å²) in [4.78, 5) is 0. The number of hydrogen-bond acceptors (Lipinski definition) is 1. The first-order valence-corrected chi connectivity index (χ1v) is 10.7. The molecule has 4 rings (SSSR count). The second kappa shape index (κ2) is 9.96. The van der Waals surface area contributed by atoms with Crippen LogP contribution in [-0.4, -0.2) is 6.61 Å². The standard InChI is InChI=1S/C29H25FO/c1-2-19-31-29-17-12-24(13-18-29)8-7-22-3-5-23(6-4-22)9-10-25-11-14-27-21-28(30)16-15-26(27)20-25/h3-6,11-18,20-21H,2,7-8,19H2,1H3. The Morgan fingerprint density at radius 2 is 1.26 bits per heavy atom. The average molecular weight is 409 g/mol. The monoisotopic (exact) mass is 408 g/mol. The molecule has 0 spiro atoms. The highest BCUT2D eigenvalue weighted by molar-refractivity contribution is 5.83. The molecule has 31 heavy (non-hydrogen) atoms. The number of rotatable bonds is 6. The van der Waals surface area contributed by atoms with Crippen LogP contribution in [0.5, 0.6) is 5.75 Å². The first-order chi connectivity index (χ1) is 15.2. The van der Waals surface area contributed by atoms with Gasteiger partial charge in [0.25, 0.3) is 0 Å². The fraction of sp³-hybridized carbons (Fsp3) is 0.172. The van der Waals surface area contributed by atoms with E-state index in [0.717, 1.165) is 53.5 Å². The fourth-order valence-electron chi connectivity index (χ4n) is 3.45. The molecule has 0 aromatic heterocycles. The third kappa shape index (κ3) is 5.74. The van der Waals surface area contributed by atoms with Gasteiger partial charge in [-0.15, -0.1) is 0 Å². The molecule has 0 saturated heterocycles. The Morgan fingerprint density at radius 3 is 1.97 bits per heavy atom. The van der Waals surface area contributed by atoms with E-state index in [1.54, 1.807) is 12.1 Å². The zero-order valence-electron chi connectivity index (χ0n) is 17.7. The number of benzene rings is 4. The van der Waals surface area contributed by atoms with Crippen LogP contribution in [0.4, 0.5) is 4.39 Å². The van der Waals surface area contributed by atoms with Crippen molar-refractivity contribution < 1.29 is 9.13 Å². The predicted octanol–water partition coefficient (Wildman–Crippen LogP) is 6.95. The summed E-state index contributed by atoms with van der Waals surface area (Å²) < 4.78 is 19.0. The van der Waals surface area contributed by atoms with E-state index in [1.165, 1.54) is 17.2 Å². The van der Waals surface area contributed by atoms with Crippen LogP contribution in [0.1, 0.15) is 35.6 Å². The van der Waals surface area contributed by atoms with Gasteiger partial charge in [-0.05, 0) is 89.7 Å². The lowest BCUT2D eigenvalue weighted by atomic mass is 10.0. The van der Waals surface area contributed by atoms with Crippen molar-refractivity contribution in [1.29, 1.82) is 0 Å². The zero-order valence-corrected chi connectivity index (χ0v) is 17.7. The first kappa shape index (κ1) is 20.7. The predicted molar refractivity (Wildman–Crippen MR) is 126 cm³/mol. The van der Waals surface area contributed by atoms with Gasteiger partial charge in [-0.25, -0.2) is 4.39 Å². The van der Waals surface area contributed by atoms with Gasteiger partial charge in [-0.1, -0.05) is 55.2 Å². The maximum atomic E-state index is 13.3. The highest BCUT2D eigenvalue weighted by Gasteiger charge is 1.99. The summed E-state index contributed by atoms with van der Waals surface area (Å²) in [6, 6.07) is 27.5. The van der Waals surface area contributed by atoms with Crippen LogP contribution in [0.3, 0.4) is 0 Å². The lowest BCUT2D eigenvalue weighted by Crippen LogP contribution is -1.96. The number of ether oxygens (including phenoxy) is 1. The molecular weight excluding hydrogens is 383 g/mol. The second-order valence-corrected chi connectivity index (χ2v) is 7.65. The molecule has 1 nitrogen and oxygen atoms in total. The molecule has 0 N–H and O–H groups in total. The van der Waals surface area contributed by atoms with Gasteiger partial charge in [0, 0.05) is 11.1 Å². The Hall–Kier alpha value is -3.57. The van der Waals surface area contributed by atoms with Crippen molar-refractivity contribution in [2.45, 2.75) is 26.2 Å². The molecule has 2 heteroatoms. The summed E-state index contributed by atoms with van der Waals surface area (Å²) in [7, 11) is 0. The molecule has 0 aliphatic carbocycles. The van der Waals surface area contributed by atoms with Crippen molar-refractivity contribution in [2.24, 2.45) is 0 Å². The van der Waals surface area contributed by atoms with Crippen molar-refractivity contribution in [3.8, 4) is 17.6 Å². The molecule has 4 aromatic carbocycles. The summed E-state index contributed by atoms with van der Waals surface area (Å²) in [6.07, 6.45) is 3.01. The summed E-state index contributed by atoms with van der Waals surface area (Å²) in [5, 5.41) is 1.88. The Bertz CT molecular complexity index is 1210. The minimum atomic E-state index is -0.218. The highest BCUT2D eigenvalue weighted by Crippen LogP contribution is 2.17. The molecule has 0 amide bonds. The molecule has 0 fully saturated rings. The van der Waals surface area contributed by atoms with Gasteiger partial charge < -0.3 is 4.74 Å². The molecule has 0 radical (unpaired) electrons. The normalized spacial score (nSPS) is 10.5. The number of hydrogen-bond donors (Lipinski definition) is 0. The summed E-state index contributed by atoms with van der Waals surface area (Å²) in [5.41, 5.74) is 4.52. The van der Waals surface area contributed by atoms with Gasteiger partial charge in [0.2, 0.25) is 0 Å². The summed E-state index contributed by atoms with van der Waals surface area (Å²) in [6.45, 7) is 2.87. The van der Waals surface area contributed by atoms with Crippen molar-refractivity contribution in [3.05, 3.63) is 113 Å². The first-order valence-electron chi connectivity index (χ1n) is 10.7. The molecule has 154 valence electrons. The number of halogens is 1. The minimum Gasteiger partial charge on any atom is -0.494 e. The van der Waals surface area contributed by atoms with Gasteiger partial charge in [0.05, 0.1) is 6.61 Å². The van der Waals surface area contributed by atoms with E-state index in [-0.39, 0.29) is 5.82 Å². The molecule has 0 aliphatic rings. The fourth-order valence-corrected chi connectivity index (χ4v) is 3.45. The van der Waals surface area contributed by atoms with Crippen molar-refractivity contribution >= 4 is 10.8 Å². The molecule has 0 saturated carbocycles. The van der Waals surface area contributed by atoms with E-state index >= 15 is 0 Å². The molecule has 0 heterocycles. The molecule has 0 bridgehead atoms. The second-order valence-electron chi connectivity index (χ2n) is 7.65. The van der Waals surface area contributed by atoms with Gasteiger partial charge in [0.1, 0.15) is 11.6 Å². The SMILES string of the molecule is CCCOc1ccc(CCc2ccc(C#Cc3ccc4cc(F)ccc4c3)cc2)cc1. The van der Waals surface area contributed by atoms with Crippen molar-refractivity contribution in [1.82, 2.24) is 0 Å². The van der Waals surface area contributed by atoms with Crippen molar-refractivity contribution in [3.63, 3.8) is 0 Å². The van der Waals surface area contributed by atoms with Gasteiger partial charge in [-0.2, -0.15) is 0 Å². The van der Waals surface area contributed by atoms with E-state index < -0.39 is 0 Å². The topological polar surface area (TPSA) is 9.23 Å². The molecule has 4 aromatic rings. The van der Waals surface area contributed by atoms with Crippen molar-refractivity contribution in [2.75, 3.05) is 6.61 Å². The van der Waals surface area contributed by atoms with E-state index in [0.29, 0.717) is 0 Å². The molecule has 0 unspecified atom stereocenters. The Balaban J connectivity index is 1.36. The quantitative estimate of drug-likeness (QED) is 0.314. The van der Waals surface area contributed by atoms with Gasteiger partial charge in [-0.3, -0.25) is 0 Å². The van der Waals surface area contributed by atoms with E-state index in [9.17, 15) is 4.39 Å². The van der Waals surface area contributed by atoms with E-state index in [4.69, 9.17) is 4.74 Å². The van der Waals surface area contributed by atoms with Crippen LogP contribution in [0.2, 0.25) is 0 Å². The van der Waals surface area contributed by atoms with Crippen LogP contribution in [-0.2, 0) is 12.8 Å². The lowest BCUT2D eigenvalue weighted by molar-refractivity contribution is 0.317. The zero-order chi connectivity index (χ0) is 21.5. The smallest absolute Gasteiger partial charge is 0.123 e. The summed E-state index contributed by atoms with van der Waals surface area (Å²) >= 11 is 0. The summed E-state index contributed by atoms with van der Waals surface area (Å²) in [5.74, 6) is 7.15. The van der Waals surface area contributed by atoms with Gasteiger partial charge >= 0.3 is 0 Å². The van der Waals surface area contributed by atoms with Gasteiger partial charge in [0.15, 0.2) is 0 Å². The Labute approximate surface area is 183 Å². The highest BCUT2D eigenvalue weighted by atomic mass is 19.1. The maximum absolute atomic E-state index is 13.3. The Kier molecular flexibility index (Phi) is 6.65. The van der Waals surface area contributed by atoms with Crippen LogP contribution in [0, 0.1) is 17.7 Å². The third-order valence-corrected chi connectivity index (χ3v) is 5.21. The molecular formula is C29H25FO. The van der Waals surface area contributed by atoms with Crippen LogP contribution in [0.25, 0.3) is 10.8 Å². The van der Waals surface area contributed by atoms with E-state index in [2.05, 4.69) is 55.2 Å². The molecule has 0 atom stereocenters. The van der Waals surface area contributed by atoms with E-state index in [1.807, 2.05) is 30.3 Å². The average Bonchev–Trinajstić information content (AvgIpc) is 2.81. The van der Waals surface area contributed by atoms with Crippen LogP contribution >= 0.6 is 0 Å². The minimum absolute atomic E-state index is 0.218. The van der Waals surface area contributed by atoms with Crippen LogP contribution < -0.4 is 4.74 Å².